The Morgan fingerprint density at radius 1 is 1.13 bits per heavy atom. The van der Waals surface area contributed by atoms with Gasteiger partial charge in [-0.15, -0.1) is 0 Å². The molecule has 0 fully saturated rings. The minimum Gasteiger partial charge on any atom is -0.379 e. The molecule has 0 spiro atoms. The molecule has 2 nitrogen and oxygen atoms in total. The van der Waals surface area contributed by atoms with E-state index in [0.29, 0.717) is 12.2 Å². The van der Waals surface area contributed by atoms with Crippen molar-refractivity contribution in [3.8, 4) is 0 Å². The Hall–Kier alpha value is -1.84. The lowest BCUT2D eigenvalue weighted by Crippen LogP contribution is -2.00. The summed E-state index contributed by atoms with van der Waals surface area (Å²) in [4.78, 5) is 2.99. The largest absolute Gasteiger partial charge is 0.379 e. The highest BCUT2D eigenvalue weighted by Crippen LogP contribution is 2.13. The Morgan fingerprint density at radius 3 is 2.47 bits per heavy atom. The number of anilines is 1. The summed E-state index contributed by atoms with van der Waals surface area (Å²) >= 11 is 0. The third kappa shape index (κ3) is 2.56. The lowest BCUT2D eigenvalue weighted by Gasteiger charge is -2.05. The number of nitrogens with one attached hydrogen (secondary N) is 2. The fraction of sp³-hybridized carbons (Fsp3) is 0.0909. The van der Waals surface area contributed by atoms with E-state index in [4.69, 9.17) is 0 Å². The number of H-pyrrole nitrogens is 1. The molecule has 0 saturated carbocycles. The third-order valence-electron chi connectivity index (χ3n) is 2.01. The maximum atomic E-state index is 12.8. The van der Waals surface area contributed by atoms with Crippen molar-refractivity contribution in [2.24, 2.45) is 0 Å². The summed E-state index contributed by atoms with van der Waals surface area (Å²) in [5.74, 6) is -1.16. The van der Waals surface area contributed by atoms with Crippen molar-refractivity contribution in [2.75, 3.05) is 5.32 Å². The van der Waals surface area contributed by atoms with Gasteiger partial charge in [0.15, 0.2) is 0 Å². The normalized spacial score (nSPS) is 10.3. The van der Waals surface area contributed by atoms with Gasteiger partial charge in [0.1, 0.15) is 11.6 Å². The van der Waals surface area contributed by atoms with E-state index < -0.39 is 11.6 Å². The van der Waals surface area contributed by atoms with Gasteiger partial charge in [-0.25, -0.2) is 8.78 Å². The molecule has 0 aliphatic heterocycles. The molecule has 0 radical (unpaired) electrons. The van der Waals surface area contributed by atoms with Crippen molar-refractivity contribution < 1.29 is 8.78 Å². The summed E-state index contributed by atoms with van der Waals surface area (Å²) in [6.45, 7) is 0.510. The van der Waals surface area contributed by atoms with E-state index in [1.54, 1.807) is 6.20 Å². The number of hydrogen-bond acceptors (Lipinski definition) is 1. The molecule has 0 aliphatic carbocycles. The molecule has 1 aromatic heterocycles. The summed E-state index contributed by atoms with van der Waals surface area (Å²) in [6, 6.07) is 7.11. The Morgan fingerprint density at radius 2 is 1.87 bits per heavy atom. The molecule has 1 heterocycles. The maximum Gasteiger partial charge on any atom is 0.128 e. The van der Waals surface area contributed by atoms with Crippen LogP contribution in [0.25, 0.3) is 0 Å². The fourth-order valence-corrected chi connectivity index (χ4v) is 1.33. The van der Waals surface area contributed by atoms with Crippen molar-refractivity contribution >= 4 is 5.69 Å². The predicted molar refractivity (Wildman–Crippen MR) is 54.5 cm³/mol. The molecule has 0 saturated heterocycles. The Bertz CT molecular complexity index is 418. The van der Waals surface area contributed by atoms with Gasteiger partial charge in [0.05, 0.1) is 6.54 Å². The first kappa shape index (κ1) is 9.71. The molecule has 0 bridgehead atoms. The van der Waals surface area contributed by atoms with E-state index in [1.807, 2.05) is 12.1 Å². The first-order chi connectivity index (χ1) is 7.24. The lowest BCUT2D eigenvalue weighted by atomic mass is 10.3. The Kier molecular flexibility index (Phi) is 2.67. The summed E-state index contributed by atoms with van der Waals surface area (Å²) in [7, 11) is 0. The maximum absolute atomic E-state index is 12.8. The van der Waals surface area contributed by atoms with E-state index in [2.05, 4.69) is 10.3 Å². The second-order valence-corrected chi connectivity index (χ2v) is 3.21. The number of aromatic nitrogens is 1. The molecule has 1 aromatic carbocycles. The molecule has 0 atom stereocenters. The van der Waals surface area contributed by atoms with Gasteiger partial charge < -0.3 is 10.3 Å². The van der Waals surface area contributed by atoms with Gasteiger partial charge in [-0.3, -0.25) is 0 Å². The molecule has 0 aliphatic rings. The number of aromatic amines is 1. The minimum absolute atomic E-state index is 0.433. The van der Waals surface area contributed by atoms with Crippen LogP contribution in [-0.4, -0.2) is 4.98 Å². The Labute approximate surface area is 85.9 Å². The average molecular weight is 208 g/mol. The van der Waals surface area contributed by atoms with Gasteiger partial charge in [-0.05, 0) is 24.3 Å². The van der Waals surface area contributed by atoms with Gasteiger partial charge in [0, 0.05) is 23.6 Å². The first-order valence-corrected chi connectivity index (χ1v) is 4.56. The van der Waals surface area contributed by atoms with Crippen LogP contribution in [0.2, 0.25) is 0 Å². The SMILES string of the molecule is Fc1cc(F)cc(NCc2ccc[nH]2)c1. The van der Waals surface area contributed by atoms with Crippen molar-refractivity contribution in [1.82, 2.24) is 4.98 Å². The monoisotopic (exact) mass is 208 g/mol. The first-order valence-electron chi connectivity index (χ1n) is 4.56. The third-order valence-corrected chi connectivity index (χ3v) is 2.01. The van der Waals surface area contributed by atoms with Crippen molar-refractivity contribution in [3.05, 3.63) is 53.9 Å². The van der Waals surface area contributed by atoms with Gasteiger partial charge in [-0.2, -0.15) is 0 Å². The average Bonchev–Trinajstić information content (AvgIpc) is 2.65. The van der Waals surface area contributed by atoms with E-state index in [-0.39, 0.29) is 0 Å². The summed E-state index contributed by atoms with van der Waals surface area (Å²) in [6.07, 6.45) is 1.79. The minimum atomic E-state index is -0.580. The van der Waals surface area contributed by atoms with Crippen molar-refractivity contribution in [1.29, 1.82) is 0 Å². The molecular formula is C11H10F2N2. The van der Waals surface area contributed by atoms with E-state index in [9.17, 15) is 8.78 Å². The highest BCUT2D eigenvalue weighted by atomic mass is 19.1. The van der Waals surface area contributed by atoms with Crippen LogP contribution < -0.4 is 5.32 Å². The highest BCUT2D eigenvalue weighted by molar-refractivity contribution is 5.43. The van der Waals surface area contributed by atoms with Crippen LogP contribution in [0.4, 0.5) is 14.5 Å². The molecule has 2 aromatic rings. The summed E-state index contributed by atoms with van der Waals surface area (Å²) in [5, 5.41) is 2.92. The van der Waals surface area contributed by atoms with Gasteiger partial charge in [0.25, 0.3) is 0 Å². The van der Waals surface area contributed by atoms with Crippen LogP contribution in [0.5, 0.6) is 0 Å². The van der Waals surface area contributed by atoms with Gasteiger partial charge >= 0.3 is 0 Å². The molecular weight excluding hydrogens is 198 g/mol. The molecule has 2 rings (SSSR count). The molecule has 15 heavy (non-hydrogen) atoms. The number of rotatable bonds is 3. The van der Waals surface area contributed by atoms with Crippen LogP contribution in [-0.2, 0) is 6.54 Å². The second-order valence-electron chi connectivity index (χ2n) is 3.21. The van der Waals surface area contributed by atoms with Gasteiger partial charge in [-0.1, -0.05) is 0 Å². The second kappa shape index (κ2) is 4.13. The summed E-state index contributed by atoms with van der Waals surface area (Å²) in [5.41, 5.74) is 1.39. The zero-order chi connectivity index (χ0) is 10.7. The molecule has 0 unspecified atom stereocenters. The van der Waals surface area contributed by atoms with Crippen LogP contribution in [0.3, 0.4) is 0 Å². The predicted octanol–water partition coefficient (Wildman–Crippen LogP) is 2.91. The van der Waals surface area contributed by atoms with Crippen LogP contribution in [0.1, 0.15) is 5.69 Å². The number of benzene rings is 1. The van der Waals surface area contributed by atoms with E-state index in [0.717, 1.165) is 11.8 Å². The van der Waals surface area contributed by atoms with Crippen molar-refractivity contribution in [3.63, 3.8) is 0 Å². The highest BCUT2D eigenvalue weighted by Gasteiger charge is 2.00. The van der Waals surface area contributed by atoms with Crippen LogP contribution in [0, 0.1) is 11.6 Å². The van der Waals surface area contributed by atoms with E-state index in [1.165, 1.54) is 12.1 Å². The zero-order valence-electron chi connectivity index (χ0n) is 7.93. The molecule has 2 N–H and O–H groups in total. The zero-order valence-corrected chi connectivity index (χ0v) is 7.93. The van der Waals surface area contributed by atoms with Gasteiger partial charge in [0.2, 0.25) is 0 Å². The standard InChI is InChI=1S/C11H10F2N2/c12-8-4-9(13)6-11(5-8)15-7-10-2-1-3-14-10/h1-6,14-15H,7H2. The molecule has 4 heteroatoms. The topological polar surface area (TPSA) is 27.8 Å². The number of halogens is 2. The summed E-state index contributed by atoms with van der Waals surface area (Å²) < 4.78 is 25.6. The van der Waals surface area contributed by atoms with Crippen LogP contribution in [0.15, 0.2) is 36.5 Å². The quantitative estimate of drug-likeness (QED) is 0.797. The lowest BCUT2D eigenvalue weighted by molar-refractivity contribution is 0.584. The molecule has 78 valence electrons. The van der Waals surface area contributed by atoms with E-state index >= 15 is 0 Å². The Balaban J connectivity index is 2.05. The van der Waals surface area contributed by atoms with Crippen LogP contribution >= 0.6 is 0 Å². The van der Waals surface area contributed by atoms with Crippen molar-refractivity contribution in [2.45, 2.75) is 6.54 Å². The smallest absolute Gasteiger partial charge is 0.128 e. The molecule has 0 amide bonds. The number of hydrogen-bond donors (Lipinski definition) is 2. The fourth-order valence-electron chi connectivity index (χ4n) is 1.33.